The van der Waals surface area contributed by atoms with Gasteiger partial charge in [0.25, 0.3) is 0 Å². The molecule has 2 aromatic rings. The molecule has 1 aromatic carbocycles. The van der Waals surface area contributed by atoms with Gasteiger partial charge in [-0.05, 0) is 18.2 Å². The van der Waals surface area contributed by atoms with Crippen molar-refractivity contribution in [1.29, 1.82) is 0 Å². The summed E-state index contributed by atoms with van der Waals surface area (Å²) >= 11 is 7.21. The Balaban J connectivity index is 2.08. The van der Waals surface area contributed by atoms with Crippen LogP contribution in [0.4, 0.5) is 0 Å². The smallest absolute Gasteiger partial charge is 0.337 e. The number of sulfonamides is 1. The van der Waals surface area contributed by atoms with E-state index < -0.39 is 16.0 Å². The van der Waals surface area contributed by atoms with E-state index in [1.54, 1.807) is 6.20 Å². The Morgan fingerprint density at radius 2 is 2.19 bits per heavy atom. The molecular formula is C12H11ClN2O4S2. The maximum Gasteiger partial charge on any atom is 0.337 e. The Bertz CT molecular complexity index is 745. The summed E-state index contributed by atoms with van der Waals surface area (Å²) in [7, 11) is -3.73. The fraction of sp³-hybridized carbons (Fsp3) is 0.167. The van der Waals surface area contributed by atoms with E-state index in [-0.39, 0.29) is 22.0 Å². The van der Waals surface area contributed by atoms with Crippen molar-refractivity contribution in [3.63, 3.8) is 0 Å². The summed E-state index contributed by atoms with van der Waals surface area (Å²) in [6.07, 6.45) is 2.14. The van der Waals surface area contributed by atoms with Crippen LogP contribution >= 0.6 is 22.9 Å². The standard InChI is InChI=1S/C12H11ClN2O4S2/c13-10-7-8(1-2-9(10)12(16)17)21(18,19)15-4-3-11-14-5-6-20-11/h1-2,5-7,15H,3-4H2,(H,16,17). The van der Waals surface area contributed by atoms with Gasteiger partial charge >= 0.3 is 5.97 Å². The van der Waals surface area contributed by atoms with E-state index in [1.165, 1.54) is 23.5 Å². The lowest BCUT2D eigenvalue weighted by atomic mass is 10.2. The lowest BCUT2D eigenvalue weighted by molar-refractivity contribution is 0.0697. The highest BCUT2D eigenvalue weighted by Crippen LogP contribution is 2.20. The molecule has 0 amide bonds. The van der Waals surface area contributed by atoms with Gasteiger partial charge in [0.15, 0.2) is 0 Å². The molecule has 0 fully saturated rings. The number of aromatic carboxylic acids is 1. The van der Waals surface area contributed by atoms with E-state index in [9.17, 15) is 13.2 Å². The highest BCUT2D eigenvalue weighted by Gasteiger charge is 2.17. The fourth-order valence-corrected chi connectivity index (χ4v) is 3.59. The molecular weight excluding hydrogens is 336 g/mol. The van der Waals surface area contributed by atoms with Crippen LogP contribution in [0, 0.1) is 0 Å². The predicted molar refractivity (Wildman–Crippen MR) is 79.4 cm³/mol. The molecule has 9 heteroatoms. The van der Waals surface area contributed by atoms with Crippen molar-refractivity contribution in [2.45, 2.75) is 11.3 Å². The van der Waals surface area contributed by atoms with Gasteiger partial charge in [-0.15, -0.1) is 11.3 Å². The zero-order valence-corrected chi connectivity index (χ0v) is 13.0. The van der Waals surface area contributed by atoms with Gasteiger partial charge in [0.2, 0.25) is 10.0 Å². The minimum atomic E-state index is -3.73. The highest BCUT2D eigenvalue weighted by molar-refractivity contribution is 7.89. The number of rotatable bonds is 6. The van der Waals surface area contributed by atoms with Crippen molar-refractivity contribution in [2.24, 2.45) is 0 Å². The molecule has 1 heterocycles. The van der Waals surface area contributed by atoms with Crippen LogP contribution in [-0.4, -0.2) is 31.0 Å². The number of thiazole rings is 1. The number of nitrogens with zero attached hydrogens (tertiary/aromatic N) is 1. The summed E-state index contributed by atoms with van der Waals surface area (Å²) in [6, 6.07) is 3.50. The number of carboxylic acids is 1. The van der Waals surface area contributed by atoms with Gasteiger partial charge in [0.05, 0.1) is 20.5 Å². The van der Waals surface area contributed by atoms with E-state index in [2.05, 4.69) is 9.71 Å². The van der Waals surface area contributed by atoms with Gasteiger partial charge in [0, 0.05) is 24.5 Å². The van der Waals surface area contributed by atoms with E-state index in [4.69, 9.17) is 16.7 Å². The number of carboxylic acid groups (broad SMARTS) is 1. The van der Waals surface area contributed by atoms with Crippen molar-refractivity contribution >= 4 is 38.9 Å². The minimum absolute atomic E-state index is 0.0726. The van der Waals surface area contributed by atoms with Crippen molar-refractivity contribution < 1.29 is 18.3 Å². The fourth-order valence-electron chi connectivity index (χ4n) is 1.59. The zero-order chi connectivity index (χ0) is 15.5. The summed E-state index contributed by atoms with van der Waals surface area (Å²) in [5.41, 5.74) is -0.140. The van der Waals surface area contributed by atoms with Crippen LogP contribution in [0.5, 0.6) is 0 Å². The number of hydrogen-bond acceptors (Lipinski definition) is 5. The number of benzene rings is 1. The molecule has 2 rings (SSSR count). The third-order valence-electron chi connectivity index (χ3n) is 2.60. The molecule has 2 N–H and O–H groups in total. The minimum Gasteiger partial charge on any atom is -0.478 e. The predicted octanol–water partition coefficient (Wildman–Crippen LogP) is 2.02. The van der Waals surface area contributed by atoms with Gasteiger partial charge in [0.1, 0.15) is 0 Å². The molecule has 0 spiro atoms. The maximum absolute atomic E-state index is 12.1. The second kappa shape index (κ2) is 6.52. The van der Waals surface area contributed by atoms with Crippen molar-refractivity contribution in [3.05, 3.63) is 45.4 Å². The van der Waals surface area contributed by atoms with E-state index in [0.29, 0.717) is 6.42 Å². The Labute approximate surface area is 130 Å². The number of nitrogens with one attached hydrogen (secondary N) is 1. The molecule has 112 valence electrons. The molecule has 0 atom stereocenters. The average molecular weight is 347 g/mol. The zero-order valence-electron chi connectivity index (χ0n) is 10.6. The molecule has 21 heavy (non-hydrogen) atoms. The molecule has 0 saturated heterocycles. The van der Waals surface area contributed by atoms with Gasteiger partial charge in [-0.1, -0.05) is 11.6 Å². The number of carbonyl (C=O) groups is 1. The Hall–Kier alpha value is -1.48. The second-order valence-corrected chi connectivity index (χ2v) is 7.17. The molecule has 1 aromatic heterocycles. The maximum atomic E-state index is 12.1. The summed E-state index contributed by atoms with van der Waals surface area (Å²) < 4.78 is 26.5. The van der Waals surface area contributed by atoms with Crippen LogP contribution in [0.3, 0.4) is 0 Å². The lowest BCUT2D eigenvalue weighted by Gasteiger charge is -2.07. The second-order valence-electron chi connectivity index (χ2n) is 4.02. The molecule has 0 aliphatic rings. The van der Waals surface area contributed by atoms with Crippen LogP contribution in [0.25, 0.3) is 0 Å². The van der Waals surface area contributed by atoms with E-state index in [1.807, 2.05) is 5.38 Å². The molecule has 0 aliphatic carbocycles. The first-order valence-electron chi connectivity index (χ1n) is 5.81. The Kier molecular flexibility index (Phi) is 4.94. The summed E-state index contributed by atoms with van der Waals surface area (Å²) in [5.74, 6) is -1.21. The third kappa shape index (κ3) is 4.01. The first-order valence-corrected chi connectivity index (χ1v) is 8.55. The van der Waals surface area contributed by atoms with Crippen molar-refractivity contribution in [2.75, 3.05) is 6.54 Å². The molecule has 0 aliphatic heterocycles. The normalized spacial score (nSPS) is 11.5. The van der Waals surface area contributed by atoms with Crippen LogP contribution in [0.15, 0.2) is 34.7 Å². The number of halogens is 1. The average Bonchev–Trinajstić information content (AvgIpc) is 2.91. The van der Waals surface area contributed by atoms with Crippen molar-refractivity contribution in [1.82, 2.24) is 9.71 Å². The summed E-state index contributed by atoms with van der Waals surface area (Å²) in [5, 5.41) is 11.4. The molecule has 0 radical (unpaired) electrons. The van der Waals surface area contributed by atoms with Gasteiger partial charge in [-0.25, -0.2) is 22.9 Å². The van der Waals surface area contributed by atoms with Crippen LogP contribution in [-0.2, 0) is 16.4 Å². The number of hydrogen-bond donors (Lipinski definition) is 2. The summed E-state index contributed by atoms with van der Waals surface area (Å²) in [4.78, 5) is 14.8. The Morgan fingerprint density at radius 1 is 1.43 bits per heavy atom. The van der Waals surface area contributed by atoms with Crippen LogP contribution in [0.1, 0.15) is 15.4 Å². The van der Waals surface area contributed by atoms with Gasteiger partial charge in [-0.3, -0.25) is 0 Å². The van der Waals surface area contributed by atoms with Gasteiger partial charge < -0.3 is 5.11 Å². The van der Waals surface area contributed by atoms with Crippen molar-refractivity contribution in [3.8, 4) is 0 Å². The van der Waals surface area contributed by atoms with Crippen LogP contribution in [0.2, 0.25) is 5.02 Å². The van der Waals surface area contributed by atoms with Crippen LogP contribution < -0.4 is 4.72 Å². The van der Waals surface area contributed by atoms with E-state index >= 15 is 0 Å². The highest BCUT2D eigenvalue weighted by atomic mass is 35.5. The summed E-state index contributed by atoms with van der Waals surface area (Å²) in [6.45, 7) is 0.203. The third-order valence-corrected chi connectivity index (χ3v) is 5.21. The molecule has 0 saturated carbocycles. The number of aromatic nitrogens is 1. The monoisotopic (exact) mass is 346 g/mol. The quantitative estimate of drug-likeness (QED) is 0.834. The molecule has 0 bridgehead atoms. The molecule has 0 unspecified atom stereocenters. The largest absolute Gasteiger partial charge is 0.478 e. The first-order chi connectivity index (χ1) is 9.90. The lowest BCUT2D eigenvalue weighted by Crippen LogP contribution is -2.26. The molecule has 6 nitrogen and oxygen atoms in total. The SMILES string of the molecule is O=C(O)c1ccc(S(=O)(=O)NCCc2nccs2)cc1Cl. The van der Waals surface area contributed by atoms with Gasteiger partial charge in [-0.2, -0.15) is 0 Å². The topological polar surface area (TPSA) is 96.4 Å². The Morgan fingerprint density at radius 3 is 2.76 bits per heavy atom. The van der Waals surface area contributed by atoms with E-state index in [0.717, 1.165) is 11.1 Å². The first kappa shape index (κ1) is 15.9.